The predicted molar refractivity (Wildman–Crippen MR) is 77.1 cm³/mol. The molecular weight excluding hydrogens is 250 g/mol. The molecule has 0 aliphatic heterocycles. The lowest BCUT2D eigenvalue weighted by Gasteiger charge is -2.39. The van der Waals surface area contributed by atoms with E-state index in [1.54, 1.807) is 11.3 Å². The third-order valence-electron chi connectivity index (χ3n) is 3.90. The molecule has 1 aromatic rings. The SMILES string of the molecule is CC1(C)CCCCC1NCCc1ccc(Cl)s1. The molecule has 1 nitrogen and oxygen atoms in total. The highest BCUT2D eigenvalue weighted by atomic mass is 35.5. The summed E-state index contributed by atoms with van der Waals surface area (Å²) >= 11 is 7.63. The standard InChI is InChI=1S/C14H22ClNS/c1-14(2)9-4-3-5-12(14)16-10-8-11-6-7-13(15)17-11/h6-7,12,16H,3-5,8-10H2,1-2H3. The summed E-state index contributed by atoms with van der Waals surface area (Å²) in [4.78, 5) is 1.39. The Morgan fingerprint density at radius 3 is 2.88 bits per heavy atom. The summed E-state index contributed by atoms with van der Waals surface area (Å²) in [6.45, 7) is 5.86. The first-order chi connectivity index (χ1) is 8.08. The van der Waals surface area contributed by atoms with Crippen LogP contribution in [0.25, 0.3) is 0 Å². The first-order valence-electron chi connectivity index (χ1n) is 6.55. The lowest BCUT2D eigenvalue weighted by Crippen LogP contribution is -2.44. The molecule has 0 spiro atoms. The largest absolute Gasteiger partial charge is 0.313 e. The Hall–Kier alpha value is -0.0500. The summed E-state index contributed by atoms with van der Waals surface area (Å²) in [5.41, 5.74) is 0.464. The lowest BCUT2D eigenvalue weighted by atomic mass is 9.73. The van der Waals surface area contributed by atoms with Gasteiger partial charge in [-0.05, 0) is 36.8 Å². The normalized spacial score (nSPS) is 23.8. The van der Waals surface area contributed by atoms with E-state index in [1.165, 1.54) is 30.6 Å². The number of rotatable bonds is 4. The quantitative estimate of drug-likeness (QED) is 0.850. The Balaban J connectivity index is 1.77. The lowest BCUT2D eigenvalue weighted by molar-refractivity contribution is 0.169. The van der Waals surface area contributed by atoms with E-state index in [0.717, 1.165) is 17.3 Å². The zero-order chi connectivity index (χ0) is 12.3. The van der Waals surface area contributed by atoms with Crippen molar-refractivity contribution in [3.63, 3.8) is 0 Å². The van der Waals surface area contributed by atoms with Gasteiger partial charge in [0.15, 0.2) is 0 Å². The number of halogens is 1. The molecule has 0 aromatic carbocycles. The fraction of sp³-hybridized carbons (Fsp3) is 0.714. The van der Waals surface area contributed by atoms with E-state index in [-0.39, 0.29) is 0 Å². The molecule has 96 valence electrons. The van der Waals surface area contributed by atoms with Crippen molar-refractivity contribution >= 4 is 22.9 Å². The predicted octanol–water partition coefficient (Wildman–Crippen LogP) is 4.50. The zero-order valence-corrected chi connectivity index (χ0v) is 12.3. The topological polar surface area (TPSA) is 12.0 Å². The van der Waals surface area contributed by atoms with Crippen LogP contribution in [0, 0.1) is 5.41 Å². The molecule has 1 saturated carbocycles. The Morgan fingerprint density at radius 1 is 1.41 bits per heavy atom. The summed E-state index contributed by atoms with van der Waals surface area (Å²) < 4.78 is 0.901. The summed E-state index contributed by atoms with van der Waals surface area (Å²) in [5.74, 6) is 0. The fourth-order valence-corrected chi connectivity index (χ4v) is 3.82. The highest BCUT2D eigenvalue weighted by Gasteiger charge is 2.31. The van der Waals surface area contributed by atoms with Gasteiger partial charge >= 0.3 is 0 Å². The van der Waals surface area contributed by atoms with Crippen molar-refractivity contribution in [2.24, 2.45) is 5.41 Å². The fourth-order valence-electron chi connectivity index (χ4n) is 2.73. The summed E-state index contributed by atoms with van der Waals surface area (Å²) in [6, 6.07) is 4.82. The first-order valence-corrected chi connectivity index (χ1v) is 7.75. The molecule has 0 saturated heterocycles. The third-order valence-corrected chi connectivity index (χ3v) is 5.19. The van der Waals surface area contributed by atoms with Crippen molar-refractivity contribution < 1.29 is 0 Å². The number of hydrogen-bond donors (Lipinski definition) is 1. The van der Waals surface area contributed by atoms with E-state index in [9.17, 15) is 0 Å². The van der Waals surface area contributed by atoms with Crippen molar-refractivity contribution in [2.45, 2.75) is 52.0 Å². The summed E-state index contributed by atoms with van der Waals surface area (Å²) in [7, 11) is 0. The van der Waals surface area contributed by atoms with Crippen LogP contribution in [0.5, 0.6) is 0 Å². The van der Waals surface area contributed by atoms with E-state index < -0.39 is 0 Å². The van der Waals surface area contributed by atoms with Gasteiger partial charge in [-0.15, -0.1) is 11.3 Å². The second-order valence-electron chi connectivity index (χ2n) is 5.70. The van der Waals surface area contributed by atoms with Crippen molar-refractivity contribution in [1.29, 1.82) is 0 Å². The molecule has 1 atom stereocenters. The monoisotopic (exact) mass is 271 g/mol. The van der Waals surface area contributed by atoms with E-state index in [1.807, 2.05) is 6.07 Å². The molecule has 1 N–H and O–H groups in total. The Labute approximate surface area is 114 Å². The van der Waals surface area contributed by atoms with Gasteiger partial charge in [-0.1, -0.05) is 38.3 Å². The zero-order valence-electron chi connectivity index (χ0n) is 10.8. The smallest absolute Gasteiger partial charge is 0.0931 e. The van der Waals surface area contributed by atoms with Crippen molar-refractivity contribution in [3.8, 4) is 0 Å². The Bertz CT molecular complexity index is 359. The van der Waals surface area contributed by atoms with Gasteiger partial charge in [-0.2, -0.15) is 0 Å². The molecule has 1 aliphatic carbocycles. The summed E-state index contributed by atoms with van der Waals surface area (Å²) in [6.07, 6.45) is 6.56. The van der Waals surface area contributed by atoms with Gasteiger partial charge in [0.1, 0.15) is 0 Å². The molecule has 1 heterocycles. The highest BCUT2D eigenvalue weighted by molar-refractivity contribution is 7.16. The van der Waals surface area contributed by atoms with Crippen LogP contribution < -0.4 is 5.32 Å². The summed E-state index contributed by atoms with van der Waals surface area (Å²) in [5, 5.41) is 3.73. The van der Waals surface area contributed by atoms with E-state index >= 15 is 0 Å². The van der Waals surface area contributed by atoms with Gasteiger partial charge in [0.2, 0.25) is 0 Å². The average molecular weight is 272 g/mol. The van der Waals surface area contributed by atoms with Crippen LogP contribution in [-0.2, 0) is 6.42 Å². The maximum Gasteiger partial charge on any atom is 0.0931 e. The first kappa shape index (κ1) is 13.4. The van der Waals surface area contributed by atoms with Gasteiger partial charge in [-0.3, -0.25) is 0 Å². The van der Waals surface area contributed by atoms with E-state index in [2.05, 4.69) is 25.2 Å². The van der Waals surface area contributed by atoms with E-state index in [4.69, 9.17) is 11.6 Å². The van der Waals surface area contributed by atoms with Gasteiger partial charge in [0.05, 0.1) is 4.34 Å². The maximum atomic E-state index is 5.93. The maximum absolute atomic E-state index is 5.93. The Morgan fingerprint density at radius 2 is 2.24 bits per heavy atom. The van der Waals surface area contributed by atoms with Gasteiger partial charge in [0.25, 0.3) is 0 Å². The highest BCUT2D eigenvalue weighted by Crippen LogP contribution is 2.35. The minimum absolute atomic E-state index is 0.464. The molecule has 0 amide bonds. The van der Waals surface area contributed by atoms with Crippen LogP contribution in [-0.4, -0.2) is 12.6 Å². The van der Waals surface area contributed by atoms with Crippen LogP contribution in [0.1, 0.15) is 44.4 Å². The van der Waals surface area contributed by atoms with Crippen molar-refractivity contribution in [1.82, 2.24) is 5.32 Å². The van der Waals surface area contributed by atoms with Crippen LogP contribution in [0.2, 0.25) is 4.34 Å². The number of nitrogens with one attached hydrogen (secondary N) is 1. The number of thiophene rings is 1. The molecule has 1 aromatic heterocycles. The minimum atomic E-state index is 0.464. The second-order valence-corrected chi connectivity index (χ2v) is 7.50. The van der Waals surface area contributed by atoms with Crippen molar-refractivity contribution in [3.05, 3.63) is 21.3 Å². The molecule has 17 heavy (non-hydrogen) atoms. The molecule has 1 unspecified atom stereocenters. The van der Waals surface area contributed by atoms with Crippen LogP contribution >= 0.6 is 22.9 Å². The van der Waals surface area contributed by atoms with Gasteiger partial charge in [-0.25, -0.2) is 0 Å². The molecule has 1 fully saturated rings. The molecule has 0 bridgehead atoms. The van der Waals surface area contributed by atoms with Gasteiger partial charge < -0.3 is 5.32 Å². The van der Waals surface area contributed by atoms with Crippen LogP contribution in [0.4, 0.5) is 0 Å². The molecule has 0 radical (unpaired) electrons. The molecule has 1 aliphatic rings. The second kappa shape index (κ2) is 5.73. The van der Waals surface area contributed by atoms with E-state index in [0.29, 0.717) is 11.5 Å². The van der Waals surface area contributed by atoms with Gasteiger partial charge in [0, 0.05) is 17.5 Å². The molecule has 3 heteroatoms. The average Bonchev–Trinajstić information content (AvgIpc) is 2.67. The van der Waals surface area contributed by atoms with Crippen LogP contribution in [0.15, 0.2) is 12.1 Å². The van der Waals surface area contributed by atoms with Crippen molar-refractivity contribution in [2.75, 3.05) is 6.54 Å². The Kier molecular flexibility index (Phi) is 4.51. The van der Waals surface area contributed by atoms with Crippen LogP contribution in [0.3, 0.4) is 0 Å². The molecule has 2 rings (SSSR count). The number of hydrogen-bond acceptors (Lipinski definition) is 2. The minimum Gasteiger partial charge on any atom is -0.313 e. The third kappa shape index (κ3) is 3.70. The molecular formula is C14H22ClNS.